The van der Waals surface area contributed by atoms with Crippen LogP contribution in [0.3, 0.4) is 0 Å². The maximum atomic E-state index is 13.0. The van der Waals surface area contributed by atoms with Crippen molar-refractivity contribution in [2.75, 3.05) is 18.4 Å². The molecular weight excluding hydrogens is 438 g/mol. The number of aryl methyl sites for hydroxylation is 1. The molecule has 3 aromatic heterocycles. The predicted molar refractivity (Wildman–Crippen MR) is 138 cm³/mol. The smallest absolute Gasteiger partial charge is 0.261 e. The second-order valence-electron chi connectivity index (χ2n) is 9.16. The van der Waals surface area contributed by atoms with Gasteiger partial charge in [0.25, 0.3) is 5.56 Å². The van der Waals surface area contributed by atoms with E-state index >= 15 is 0 Å². The molecule has 0 aliphatic carbocycles. The Labute approximate surface area is 202 Å². The molecule has 1 saturated heterocycles. The molecule has 1 aliphatic rings. The summed E-state index contributed by atoms with van der Waals surface area (Å²) in [6.45, 7) is 4.91. The number of pyridine rings is 1. The summed E-state index contributed by atoms with van der Waals surface area (Å²) in [4.78, 5) is 30.6. The van der Waals surface area contributed by atoms with Crippen molar-refractivity contribution in [3.8, 4) is 17.1 Å². The Bertz CT molecular complexity index is 1520. The van der Waals surface area contributed by atoms with E-state index in [1.54, 1.807) is 18.7 Å². The highest BCUT2D eigenvalue weighted by molar-refractivity contribution is 5.86. The van der Waals surface area contributed by atoms with Gasteiger partial charge in [0, 0.05) is 50.0 Å². The molecule has 0 bridgehead atoms. The predicted octanol–water partition coefficient (Wildman–Crippen LogP) is 4.10. The number of imidazole rings is 2. The molecule has 5 aromatic rings. The average molecular weight is 466 g/mol. The molecule has 0 saturated carbocycles. The molecular formula is C27H27N7O. The van der Waals surface area contributed by atoms with Crippen LogP contribution in [0.4, 0.5) is 5.69 Å². The number of aromatic nitrogens is 5. The van der Waals surface area contributed by atoms with Crippen LogP contribution in [0.15, 0.2) is 78.2 Å². The van der Waals surface area contributed by atoms with Gasteiger partial charge in [-0.05, 0) is 42.7 Å². The van der Waals surface area contributed by atoms with Crippen LogP contribution in [0, 0.1) is 6.92 Å². The van der Waals surface area contributed by atoms with Crippen LogP contribution in [0.5, 0.6) is 0 Å². The zero-order valence-electron chi connectivity index (χ0n) is 19.5. The van der Waals surface area contributed by atoms with Gasteiger partial charge in [0.05, 0.1) is 23.0 Å². The van der Waals surface area contributed by atoms with Gasteiger partial charge < -0.3 is 19.9 Å². The molecule has 8 heteroatoms. The number of nitrogens with zero attached hydrogens (tertiary/aromatic N) is 4. The molecule has 1 atom stereocenters. The van der Waals surface area contributed by atoms with E-state index in [1.807, 2.05) is 35.9 Å². The van der Waals surface area contributed by atoms with E-state index in [-0.39, 0.29) is 11.6 Å². The summed E-state index contributed by atoms with van der Waals surface area (Å²) >= 11 is 0. The van der Waals surface area contributed by atoms with E-state index in [4.69, 9.17) is 4.98 Å². The fourth-order valence-electron chi connectivity index (χ4n) is 4.94. The van der Waals surface area contributed by atoms with E-state index < -0.39 is 0 Å². The standard InChI is InChI=1S/C27H27N7O/c1-18-13-21(34-12-10-28-17-34)14-23-25(18)32-26(31-23)24-22(7-9-29-27(24)35)30-20-8-11-33(16-20)15-19-5-3-2-4-6-19/h2-7,9-10,12-14,17,20H,8,11,15-16H2,1H3,(H,31,32)(H2,29,30,35). The highest BCUT2D eigenvalue weighted by Gasteiger charge is 2.24. The minimum atomic E-state index is -0.166. The lowest BCUT2D eigenvalue weighted by atomic mass is 10.1. The lowest BCUT2D eigenvalue weighted by molar-refractivity contribution is 0.328. The van der Waals surface area contributed by atoms with Crippen molar-refractivity contribution in [1.29, 1.82) is 0 Å². The Balaban J connectivity index is 1.28. The summed E-state index contributed by atoms with van der Waals surface area (Å²) in [6.07, 6.45) is 8.14. The molecule has 176 valence electrons. The number of anilines is 1. The second kappa shape index (κ2) is 8.88. The second-order valence-corrected chi connectivity index (χ2v) is 9.16. The number of H-pyrrole nitrogens is 2. The van der Waals surface area contributed by atoms with E-state index in [9.17, 15) is 4.79 Å². The van der Waals surface area contributed by atoms with Crippen LogP contribution in [-0.4, -0.2) is 48.5 Å². The largest absolute Gasteiger partial charge is 0.380 e. The van der Waals surface area contributed by atoms with E-state index in [0.29, 0.717) is 11.4 Å². The van der Waals surface area contributed by atoms with Crippen LogP contribution >= 0.6 is 0 Å². The fraction of sp³-hybridized carbons (Fsp3) is 0.222. The van der Waals surface area contributed by atoms with Crippen molar-refractivity contribution in [2.45, 2.75) is 25.9 Å². The molecule has 0 spiro atoms. The van der Waals surface area contributed by atoms with Crippen LogP contribution < -0.4 is 10.9 Å². The Hall–Kier alpha value is -4.17. The first-order valence-corrected chi connectivity index (χ1v) is 11.9. The third kappa shape index (κ3) is 4.24. The van der Waals surface area contributed by atoms with Gasteiger partial charge in [-0.25, -0.2) is 9.97 Å². The first-order valence-electron chi connectivity index (χ1n) is 11.9. The van der Waals surface area contributed by atoms with Gasteiger partial charge in [0.15, 0.2) is 0 Å². The quantitative estimate of drug-likeness (QED) is 0.351. The van der Waals surface area contributed by atoms with Gasteiger partial charge in [-0.3, -0.25) is 9.69 Å². The summed E-state index contributed by atoms with van der Waals surface area (Å²) in [7, 11) is 0. The third-order valence-corrected chi connectivity index (χ3v) is 6.64. The Morgan fingerprint density at radius 3 is 2.89 bits per heavy atom. The van der Waals surface area contributed by atoms with Gasteiger partial charge in [-0.2, -0.15) is 0 Å². The number of nitrogens with one attached hydrogen (secondary N) is 3. The topological polar surface area (TPSA) is 94.6 Å². The molecule has 0 amide bonds. The molecule has 1 fully saturated rings. The molecule has 8 nitrogen and oxygen atoms in total. The van der Waals surface area contributed by atoms with E-state index in [1.165, 1.54) is 5.56 Å². The van der Waals surface area contributed by atoms with Crippen molar-refractivity contribution in [2.24, 2.45) is 0 Å². The van der Waals surface area contributed by atoms with Crippen molar-refractivity contribution in [3.63, 3.8) is 0 Å². The number of benzene rings is 2. The molecule has 3 N–H and O–H groups in total. The van der Waals surface area contributed by atoms with Crippen LogP contribution in [-0.2, 0) is 6.54 Å². The Morgan fingerprint density at radius 2 is 2.06 bits per heavy atom. The first-order chi connectivity index (χ1) is 17.1. The molecule has 2 aromatic carbocycles. The lowest BCUT2D eigenvalue weighted by Crippen LogP contribution is -2.27. The SMILES string of the molecule is Cc1cc(-n2ccnc2)cc2[nH]c(-c3c(NC4CCN(Cc5ccccc5)C4)cc[nH]c3=O)nc12. The van der Waals surface area contributed by atoms with Gasteiger partial charge in [0.2, 0.25) is 0 Å². The van der Waals surface area contributed by atoms with Gasteiger partial charge in [-0.1, -0.05) is 30.3 Å². The minimum Gasteiger partial charge on any atom is -0.380 e. The van der Waals surface area contributed by atoms with Crippen LogP contribution in [0.1, 0.15) is 17.5 Å². The average Bonchev–Trinajstić information content (AvgIpc) is 3.61. The third-order valence-electron chi connectivity index (χ3n) is 6.64. The number of rotatable bonds is 6. The molecule has 0 radical (unpaired) electrons. The van der Waals surface area contributed by atoms with Crippen molar-refractivity contribution < 1.29 is 0 Å². The molecule has 1 aliphatic heterocycles. The molecule has 35 heavy (non-hydrogen) atoms. The minimum absolute atomic E-state index is 0.166. The number of aromatic amines is 2. The number of fused-ring (bicyclic) bond motifs is 1. The van der Waals surface area contributed by atoms with Crippen LogP contribution in [0.2, 0.25) is 0 Å². The highest BCUT2D eigenvalue weighted by atomic mass is 16.1. The van der Waals surface area contributed by atoms with E-state index in [0.717, 1.165) is 54.0 Å². The van der Waals surface area contributed by atoms with E-state index in [2.05, 4.69) is 55.5 Å². The van der Waals surface area contributed by atoms with Gasteiger partial charge in [-0.15, -0.1) is 0 Å². The molecule has 1 unspecified atom stereocenters. The Kier molecular flexibility index (Phi) is 5.42. The summed E-state index contributed by atoms with van der Waals surface area (Å²) in [5, 5.41) is 3.62. The molecule has 6 rings (SSSR count). The zero-order chi connectivity index (χ0) is 23.8. The number of hydrogen-bond donors (Lipinski definition) is 3. The molecule has 4 heterocycles. The summed E-state index contributed by atoms with van der Waals surface area (Å²) in [6, 6.07) is 16.8. The first kappa shape index (κ1) is 21.4. The highest BCUT2D eigenvalue weighted by Crippen LogP contribution is 2.29. The summed E-state index contributed by atoms with van der Waals surface area (Å²) in [5.74, 6) is 0.564. The number of hydrogen-bond acceptors (Lipinski definition) is 5. The maximum Gasteiger partial charge on any atom is 0.261 e. The zero-order valence-corrected chi connectivity index (χ0v) is 19.5. The van der Waals surface area contributed by atoms with Gasteiger partial charge >= 0.3 is 0 Å². The monoisotopic (exact) mass is 465 g/mol. The number of likely N-dealkylation sites (tertiary alicyclic amines) is 1. The van der Waals surface area contributed by atoms with Crippen LogP contribution in [0.25, 0.3) is 28.1 Å². The van der Waals surface area contributed by atoms with Crippen molar-refractivity contribution in [1.82, 2.24) is 29.4 Å². The fourth-order valence-corrected chi connectivity index (χ4v) is 4.94. The summed E-state index contributed by atoms with van der Waals surface area (Å²) in [5.41, 5.74) is 6.25. The summed E-state index contributed by atoms with van der Waals surface area (Å²) < 4.78 is 1.95. The van der Waals surface area contributed by atoms with Crippen molar-refractivity contribution >= 4 is 16.7 Å². The maximum absolute atomic E-state index is 13.0. The van der Waals surface area contributed by atoms with Gasteiger partial charge in [0.1, 0.15) is 11.4 Å². The lowest BCUT2D eigenvalue weighted by Gasteiger charge is -2.18. The Morgan fingerprint density at radius 1 is 1.17 bits per heavy atom. The van der Waals surface area contributed by atoms with Crippen molar-refractivity contribution in [3.05, 3.63) is 94.9 Å². The normalized spacial score (nSPS) is 16.2.